The Kier molecular flexibility index (Phi) is 6.24. The summed E-state index contributed by atoms with van der Waals surface area (Å²) in [6.07, 6.45) is 6.81. The van der Waals surface area contributed by atoms with E-state index < -0.39 is 6.10 Å². The first kappa shape index (κ1) is 18.1. The van der Waals surface area contributed by atoms with Crippen LogP contribution >= 0.6 is 0 Å². The summed E-state index contributed by atoms with van der Waals surface area (Å²) in [5, 5.41) is 17.9. The van der Waals surface area contributed by atoms with E-state index in [-0.39, 0.29) is 12.1 Å². The highest BCUT2D eigenvalue weighted by Crippen LogP contribution is 2.32. The molecule has 2 aromatic rings. The maximum Gasteiger partial charge on any atom is 0.0898 e. The van der Waals surface area contributed by atoms with Gasteiger partial charge in [-0.2, -0.15) is 5.10 Å². The zero-order valence-corrected chi connectivity index (χ0v) is 15.2. The summed E-state index contributed by atoms with van der Waals surface area (Å²) < 4.78 is 7.94. The first-order valence-electron chi connectivity index (χ1n) is 9.21. The minimum atomic E-state index is -0.504. The molecule has 1 aromatic carbocycles. The molecule has 0 fully saturated rings. The van der Waals surface area contributed by atoms with Gasteiger partial charge in [-0.25, -0.2) is 0 Å². The molecule has 3 atom stereocenters. The number of rotatable bonds is 8. The third-order valence-corrected chi connectivity index (χ3v) is 4.73. The quantitative estimate of drug-likeness (QED) is 0.774. The average Bonchev–Trinajstić information content (AvgIpc) is 3.02. The molecule has 1 heterocycles. The molecule has 3 rings (SSSR count). The molecule has 3 unspecified atom stereocenters. The summed E-state index contributed by atoms with van der Waals surface area (Å²) >= 11 is 0. The maximum atomic E-state index is 10.2. The number of aliphatic hydroxyl groups is 1. The monoisotopic (exact) mass is 343 g/mol. The number of nitrogens with zero attached hydrogens (tertiary/aromatic N) is 2. The van der Waals surface area contributed by atoms with Crippen molar-refractivity contribution in [3.63, 3.8) is 0 Å². The van der Waals surface area contributed by atoms with Crippen LogP contribution in [0, 0.1) is 6.92 Å². The van der Waals surface area contributed by atoms with Gasteiger partial charge in [-0.1, -0.05) is 24.3 Å². The van der Waals surface area contributed by atoms with Crippen molar-refractivity contribution in [1.82, 2.24) is 15.1 Å². The molecule has 0 saturated carbocycles. The van der Waals surface area contributed by atoms with Crippen molar-refractivity contribution in [2.24, 2.45) is 0 Å². The molecule has 0 spiro atoms. The van der Waals surface area contributed by atoms with E-state index in [1.165, 1.54) is 11.1 Å². The molecule has 136 valence electrons. The number of aliphatic hydroxyl groups excluding tert-OH is 1. The lowest BCUT2D eigenvalue weighted by molar-refractivity contribution is -0.0174. The Morgan fingerprint density at radius 1 is 1.40 bits per heavy atom. The Hall–Kier alpha value is -1.69. The van der Waals surface area contributed by atoms with Gasteiger partial charge >= 0.3 is 0 Å². The van der Waals surface area contributed by atoms with Crippen LogP contribution in [0.25, 0.3) is 0 Å². The summed E-state index contributed by atoms with van der Waals surface area (Å²) in [6, 6.07) is 8.73. The second-order valence-electron chi connectivity index (χ2n) is 7.12. The van der Waals surface area contributed by atoms with Gasteiger partial charge in [0.15, 0.2) is 0 Å². The molecule has 1 aliphatic carbocycles. The van der Waals surface area contributed by atoms with Crippen LogP contribution in [0.4, 0.5) is 0 Å². The van der Waals surface area contributed by atoms with Crippen LogP contribution in [0.2, 0.25) is 0 Å². The minimum absolute atomic E-state index is 0.115. The van der Waals surface area contributed by atoms with Crippen LogP contribution in [0.15, 0.2) is 36.7 Å². The Balaban J connectivity index is 1.40. The van der Waals surface area contributed by atoms with Gasteiger partial charge in [-0.3, -0.25) is 4.68 Å². The van der Waals surface area contributed by atoms with Gasteiger partial charge in [0.1, 0.15) is 0 Å². The van der Waals surface area contributed by atoms with Gasteiger partial charge in [0.25, 0.3) is 0 Å². The number of hydrogen-bond acceptors (Lipinski definition) is 4. The van der Waals surface area contributed by atoms with Crippen molar-refractivity contribution in [1.29, 1.82) is 0 Å². The second-order valence-corrected chi connectivity index (χ2v) is 7.12. The van der Waals surface area contributed by atoms with E-state index in [2.05, 4.69) is 41.6 Å². The molecule has 0 amide bonds. The lowest BCUT2D eigenvalue weighted by atomic mass is 9.89. The Morgan fingerprint density at radius 2 is 2.24 bits per heavy atom. The molecular formula is C20H29N3O2. The van der Waals surface area contributed by atoms with Crippen LogP contribution in [0.3, 0.4) is 0 Å². The fraction of sp³-hybridized carbons (Fsp3) is 0.550. The van der Waals surface area contributed by atoms with Gasteiger partial charge in [0.05, 0.1) is 31.6 Å². The van der Waals surface area contributed by atoms with E-state index in [0.717, 1.165) is 31.4 Å². The number of nitrogens with one attached hydrogen (secondary N) is 1. The average molecular weight is 343 g/mol. The van der Waals surface area contributed by atoms with Gasteiger partial charge < -0.3 is 15.2 Å². The van der Waals surface area contributed by atoms with Crippen LogP contribution in [-0.2, 0) is 17.7 Å². The number of hydrogen-bond donors (Lipinski definition) is 2. The highest BCUT2D eigenvalue weighted by atomic mass is 16.5. The molecule has 0 radical (unpaired) electrons. The van der Waals surface area contributed by atoms with Gasteiger partial charge in [-0.15, -0.1) is 0 Å². The van der Waals surface area contributed by atoms with E-state index in [0.29, 0.717) is 13.2 Å². The first-order valence-corrected chi connectivity index (χ1v) is 9.21. The normalized spacial score (nSPS) is 19.4. The molecule has 0 saturated heterocycles. The smallest absolute Gasteiger partial charge is 0.0898 e. The zero-order chi connectivity index (χ0) is 17.6. The standard InChI is InChI=1S/C20H29N3O2/c1-15-10-22-23(12-15)13-16(2)21-11-18(24)14-25-20-9-5-7-17-6-3-4-8-19(17)20/h3-4,6,8,10,12,16,18,20-21,24H,5,7,9,11,13-14H2,1-2H3. The molecule has 1 aliphatic rings. The zero-order valence-electron chi connectivity index (χ0n) is 15.2. The molecule has 25 heavy (non-hydrogen) atoms. The Morgan fingerprint density at radius 3 is 3.04 bits per heavy atom. The summed E-state index contributed by atoms with van der Waals surface area (Å²) in [5.74, 6) is 0. The summed E-state index contributed by atoms with van der Waals surface area (Å²) in [6.45, 7) is 5.81. The number of fused-ring (bicyclic) bond motifs is 1. The third-order valence-electron chi connectivity index (χ3n) is 4.73. The molecule has 0 bridgehead atoms. The van der Waals surface area contributed by atoms with Crippen molar-refractivity contribution >= 4 is 0 Å². The maximum absolute atomic E-state index is 10.2. The van der Waals surface area contributed by atoms with E-state index in [9.17, 15) is 5.11 Å². The highest BCUT2D eigenvalue weighted by Gasteiger charge is 2.21. The number of ether oxygens (including phenoxy) is 1. The molecule has 2 N–H and O–H groups in total. The van der Waals surface area contributed by atoms with Crippen LogP contribution in [0.1, 0.15) is 42.6 Å². The van der Waals surface area contributed by atoms with Crippen molar-refractivity contribution in [3.8, 4) is 0 Å². The third kappa shape index (κ3) is 5.14. The number of benzene rings is 1. The predicted molar refractivity (Wildman–Crippen MR) is 98.5 cm³/mol. The van der Waals surface area contributed by atoms with Crippen LogP contribution < -0.4 is 5.32 Å². The van der Waals surface area contributed by atoms with Gasteiger partial charge in [0.2, 0.25) is 0 Å². The number of aromatic nitrogens is 2. The minimum Gasteiger partial charge on any atom is -0.389 e. The molecule has 0 aliphatic heterocycles. The van der Waals surface area contributed by atoms with Gasteiger partial charge in [0, 0.05) is 18.8 Å². The lowest BCUT2D eigenvalue weighted by Crippen LogP contribution is -2.38. The summed E-state index contributed by atoms with van der Waals surface area (Å²) in [7, 11) is 0. The van der Waals surface area contributed by atoms with Crippen LogP contribution in [-0.4, -0.2) is 40.2 Å². The summed E-state index contributed by atoms with van der Waals surface area (Å²) in [4.78, 5) is 0. The predicted octanol–water partition coefficient (Wildman–Crippen LogP) is 2.62. The lowest BCUT2D eigenvalue weighted by Gasteiger charge is -2.27. The van der Waals surface area contributed by atoms with E-state index in [1.54, 1.807) is 0 Å². The SMILES string of the molecule is Cc1cnn(CC(C)NCC(O)COC2CCCc3ccccc32)c1. The molecule has 1 aromatic heterocycles. The van der Waals surface area contributed by atoms with Gasteiger partial charge in [-0.05, 0) is 49.8 Å². The molecule has 5 nitrogen and oxygen atoms in total. The topological polar surface area (TPSA) is 59.3 Å². The summed E-state index contributed by atoms with van der Waals surface area (Å²) in [5.41, 5.74) is 3.83. The van der Waals surface area contributed by atoms with Crippen molar-refractivity contribution in [2.45, 2.75) is 57.9 Å². The molecule has 5 heteroatoms. The fourth-order valence-corrected chi connectivity index (χ4v) is 3.42. The fourth-order valence-electron chi connectivity index (χ4n) is 3.42. The largest absolute Gasteiger partial charge is 0.389 e. The van der Waals surface area contributed by atoms with Crippen LogP contribution in [0.5, 0.6) is 0 Å². The first-order chi connectivity index (χ1) is 12.1. The van der Waals surface area contributed by atoms with E-state index >= 15 is 0 Å². The molecular weight excluding hydrogens is 314 g/mol. The van der Waals surface area contributed by atoms with E-state index in [1.807, 2.05) is 24.0 Å². The van der Waals surface area contributed by atoms with Crippen molar-refractivity contribution < 1.29 is 9.84 Å². The highest BCUT2D eigenvalue weighted by molar-refractivity contribution is 5.31. The Bertz CT molecular complexity index is 670. The van der Waals surface area contributed by atoms with E-state index in [4.69, 9.17) is 4.74 Å². The van der Waals surface area contributed by atoms with Crippen molar-refractivity contribution in [2.75, 3.05) is 13.2 Å². The second kappa shape index (κ2) is 8.61. The number of aryl methyl sites for hydroxylation is 2. The van der Waals surface area contributed by atoms with Crippen molar-refractivity contribution in [3.05, 3.63) is 53.3 Å². The Labute approximate surface area is 150 Å².